The highest BCUT2D eigenvalue weighted by Gasteiger charge is 2.32. The number of carbonyl (C=O) groups is 4. The lowest BCUT2D eigenvalue weighted by atomic mass is 9.96. The fourth-order valence-electron chi connectivity index (χ4n) is 3.11. The number of carboxylic acid groups (broad SMARTS) is 1. The van der Waals surface area contributed by atoms with Crippen molar-refractivity contribution in [3.8, 4) is 0 Å². The smallest absolute Gasteiger partial charge is 0.328 e. The molecule has 5 atom stereocenters. The van der Waals surface area contributed by atoms with Crippen LogP contribution in [0.25, 0.3) is 0 Å². The van der Waals surface area contributed by atoms with Gasteiger partial charge in [-0.3, -0.25) is 14.4 Å². The molecule has 12 heteroatoms. The summed E-state index contributed by atoms with van der Waals surface area (Å²) >= 11 is 0. The van der Waals surface area contributed by atoms with Crippen molar-refractivity contribution in [3.63, 3.8) is 0 Å². The van der Waals surface area contributed by atoms with Crippen LogP contribution in [0.15, 0.2) is 12.5 Å². The SMILES string of the molecule is CCC(C)C(NC(=O)C(N)Cc1cnc[nH]1)C(=O)NC(CC(C)C)C(=O)NC(CO)C(=O)O. The molecule has 0 spiro atoms. The van der Waals surface area contributed by atoms with E-state index in [4.69, 9.17) is 10.8 Å². The lowest BCUT2D eigenvalue weighted by molar-refractivity contribution is -0.143. The van der Waals surface area contributed by atoms with Crippen molar-refractivity contribution in [2.24, 2.45) is 17.6 Å². The lowest BCUT2D eigenvalue weighted by Gasteiger charge is -2.28. The summed E-state index contributed by atoms with van der Waals surface area (Å²) < 4.78 is 0. The second-order valence-electron chi connectivity index (χ2n) is 8.53. The number of aliphatic hydroxyl groups is 1. The standard InChI is InChI=1S/C21H36N6O6/c1-5-12(4)17(27-18(29)14(22)7-13-8-23-10-24-13)20(31)25-15(6-11(2)3)19(30)26-16(9-28)21(32)33/h8,10-12,14-17,28H,5-7,9,22H2,1-4H3,(H,23,24)(H,25,31)(H,26,30)(H,27,29)(H,32,33). The third-order valence-electron chi connectivity index (χ3n) is 5.26. The molecule has 0 bridgehead atoms. The maximum absolute atomic E-state index is 13.1. The molecule has 0 aliphatic rings. The van der Waals surface area contributed by atoms with Gasteiger partial charge in [0.05, 0.1) is 19.0 Å². The van der Waals surface area contributed by atoms with Gasteiger partial charge in [-0.1, -0.05) is 34.1 Å². The molecule has 0 saturated heterocycles. The number of amides is 3. The number of hydrogen-bond acceptors (Lipinski definition) is 7. The second-order valence-corrected chi connectivity index (χ2v) is 8.53. The first-order valence-corrected chi connectivity index (χ1v) is 11.0. The van der Waals surface area contributed by atoms with Crippen molar-refractivity contribution in [2.75, 3.05) is 6.61 Å². The number of aromatic nitrogens is 2. The fourth-order valence-corrected chi connectivity index (χ4v) is 3.11. The largest absolute Gasteiger partial charge is 0.480 e. The minimum Gasteiger partial charge on any atom is -0.480 e. The predicted octanol–water partition coefficient (Wildman–Crippen LogP) is -1.10. The Balaban J connectivity index is 2.93. The number of nitrogens with one attached hydrogen (secondary N) is 4. The number of hydrogen-bond donors (Lipinski definition) is 7. The highest BCUT2D eigenvalue weighted by Crippen LogP contribution is 2.11. The van der Waals surface area contributed by atoms with E-state index in [0.29, 0.717) is 12.1 Å². The lowest BCUT2D eigenvalue weighted by Crippen LogP contribution is -2.59. The Hall–Kier alpha value is -2.99. The molecule has 186 valence electrons. The van der Waals surface area contributed by atoms with Crippen molar-refractivity contribution in [1.29, 1.82) is 0 Å². The van der Waals surface area contributed by atoms with Crippen molar-refractivity contribution in [1.82, 2.24) is 25.9 Å². The Morgan fingerprint density at radius 1 is 1.06 bits per heavy atom. The molecule has 1 heterocycles. The molecule has 12 nitrogen and oxygen atoms in total. The number of carboxylic acids is 1. The van der Waals surface area contributed by atoms with Crippen molar-refractivity contribution in [2.45, 2.75) is 71.1 Å². The minimum atomic E-state index is -1.49. The average Bonchev–Trinajstić information content (AvgIpc) is 3.26. The molecule has 0 radical (unpaired) electrons. The van der Waals surface area contributed by atoms with Gasteiger partial charge in [0.1, 0.15) is 18.1 Å². The van der Waals surface area contributed by atoms with Crippen LogP contribution in [0.2, 0.25) is 0 Å². The van der Waals surface area contributed by atoms with E-state index in [2.05, 4.69) is 25.9 Å². The van der Waals surface area contributed by atoms with E-state index < -0.39 is 54.5 Å². The van der Waals surface area contributed by atoms with E-state index in [9.17, 15) is 24.3 Å². The van der Waals surface area contributed by atoms with E-state index in [-0.39, 0.29) is 24.7 Å². The molecule has 1 aromatic heterocycles. The minimum absolute atomic E-state index is 0.00192. The number of aromatic amines is 1. The summed E-state index contributed by atoms with van der Waals surface area (Å²) in [6.07, 6.45) is 4.03. The second kappa shape index (κ2) is 13.5. The number of nitrogens with zero attached hydrogens (tertiary/aromatic N) is 1. The van der Waals surface area contributed by atoms with Crippen LogP contribution in [0, 0.1) is 11.8 Å². The molecule has 0 aliphatic heterocycles. The number of aliphatic carboxylic acids is 1. The summed E-state index contributed by atoms with van der Waals surface area (Å²) in [7, 11) is 0. The van der Waals surface area contributed by atoms with E-state index in [0.717, 1.165) is 0 Å². The third-order valence-corrected chi connectivity index (χ3v) is 5.26. The zero-order chi connectivity index (χ0) is 25.1. The number of rotatable bonds is 14. The summed E-state index contributed by atoms with van der Waals surface area (Å²) in [5.41, 5.74) is 6.65. The predicted molar refractivity (Wildman–Crippen MR) is 120 cm³/mol. The van der Waals surface area contributed by atoms with Crippen LogP contribution in [0.1, 0.15) is 46.2 Å². The molecule has 1 rings (SSSR count). The number of nitrogens with two attached hydrogens (primary N) is 1. The molecule has 0 aliphatic carbocycles. The summed E-state index contributed by atoms with van der Waals surface area (Å²) in [6, 6.07) is -4.41. The van der Waals surface area contributed by atoms with Gasteiger partial charge in [0.25, 0.3) is 0 Å². The Kier molecular flexibility index (Phi) is 11.5. The van der Waals surface area contributed by atoms with E-state index >= 15 is 0 Å². The third kappa shape index (κ3) is 9.18. The first-order chi connectivity index (χ1) is 15.5. The van der Waals surface area contributed by atoms with Crippen molar-refractivity contribution >= 4 is 23.7 Å². The number of aliphatic hydroxyl groups excluding tert-OH is 1. The monoisotopic (exact) mass is 468 g/mol. The number of carbonyl (C=O) groups excluding carboxylic acids is 3. The van der Waals surface area contributed by atoms with Crippen molar-refractivity contribution < 1.29 is 29.4 Å². The Bertz CT molecular complexity index is 784. The molecule has 3 amide bonds. The highest BCUT2D eigenvalue weighted by molar-refractivity contribution is 5.94. The maximum Gasteiger partial charge on any atom is 0.328 e. The summed E-state index contributed by atoms with van der Waals surface area (Å²) in [6.45, 7) is 6.54. The number of imidazole rings is 1. The number of H-pyrrole nitrogens is 1. The molecule has 5 unspecified atom stereocenters. The Morgan fingerprint density at radius 2 is 1.70 bits per heavy atom. The maximum atomic E-state index is 13.1. The molecule has 0 aromatic carbocycles. The van der Waals surface area contributed by atoms with Gasteiger partial charge in [0, 0.05) is 18.3 Å². The molecule has 0 fully saturated rings. The molecular weight excluding hydrogens is 432 g/mol. The molecular formula is C21H36N6O6. The molecule has 0 saturated carbocycles. The van der Waals surface area contributed by atoms with Crippen LogP contribution in [0.3, 0.4) is 0 Å². The van der Waals surface area contributed by atoms with Gasteiger partial charge in [-0.05, 0) is 18.3 Å². The topological polar surface area (TPSA) is 200 Å². The van der Waals surface area contributed by atoms with Crippen LogP contribution >= 0.6 is 0 Å². The zero-order valence-electron chi connectivity index (χ0n) is 19.5. The van der Waals surface area contributed by atoms with Gasteiger partial charge in [0.15, 0.2) is 0 Å². The van der Waals surface area contributed by atoms with Gasteiger partial charge >= 0.3 is 5.97 Å². The quantitative estimate of drug-likeness (QED) is 0.178. The first kappa shape index (κ1) is 28.0. The Labute approximate surface area is 193 Å². The van der Waals surface area contributed by atoms with E-state index in [1.807, 2.05) is 20.8 Å². The van der Waals surface area contributed by atoms with Gasteiger partial charge in [0.2, 0.25) is 17.7 Å². The van der Waals surface area contributed by atoms with Gasteiger partial charge in [-0.2, -0.15) is 0 Å². The first-order valence-electron chi connectivity index (χ1n) is 11.0. The van der Waals surface area contributed by atoms with E-state index in [1.54, 1.807) is 13.1 Å². The average molecular weight is 469 g/mol. The van der Waals surface area contributed by atoms with Crippen LogP contribution in [-0.2, 0) is 25.6 Å². The molecule has 1 aromatic rings. The van der Waals surface area contributed by atoms with E-state index in [1.165, 1.54) is 6.33 Å². The van der Waals surface area contributed by atoms with Crippen LogP contribution in [0.4, 0.5) is 0 Å². The van der Waals surface area contributed by atoms with Gasteiger partial charge in [-0.15, -0.1) is 0 Å². The fraction of sp³-hybridized carbons (Fsp3) is 0.667. The zero-order valence-corrected chi connectivity index (χ0v) is 19.5. The molecule has 33 heavy (non-hydrogen) atoms. The summed E-state index contributed by atoms with van der Waals surface area (Å²) in [5.74, 6) is -3.50. The van der Waals surface area contributed by atoms with Crippen LogP contribution in [-0.4, -0.2) is 74.6 Å². The van der Waals surface area contributed by atoms with Gasteiger partial charge < -0.3 is 36.9 Å². The van der Waals surface area contributed by atoms with Crippen LogP contribution < -0.4 is 21.7 Å². The van der Waals surface area contributed by atoms with Crippen LogP contribution in [0.5, 0.6) is 0 Å². The normalized spacial score (nSPS) is 15.7. The highest BCUT2D eigenvalue weighted by atomic mass is 16.4. The molecule has 8 N–H and O–H groups in total. The summed E-state index contributed by atoms with van der Waals surface area (Å²) in [5, 5.41) is 25.8. The van der Waals surface area contributed by atoms with Gasteiger partial charge in [-0.25, -0.2) is 9.78 Å². The Morgan fingerprint density at radius 3 is 2.18 bits per heavy atom. The summed E-state index contributed by atoms with van der Waals surface area (Å²) in [4.78, 5) is 56.2. The van der Waals surface area contributed by atoms with Crippen molar-refractivity contribution in [3.05, 3.63) is 18.2 Å².